The molecule has 0 aromatic rings. The third kappa shape index (κ3) is 3.35. The quantitative estimate of drug-likeness (QED) is 0.357. The van der Waals surface area contributed by atoms with E-state index >= 15 is 0 Å². The summed E-state index contributed by atoms with van der Waals surface area (Å²) in [6.07, 6.45) is 7.69. The molecule has 0 N–H and O–H groups in total. The minimum Gasteiger partial charge on any atom is -0.364 e. The van der Waals surface area contributed by atoms with Crippen LogP contribution < -0.4 is 0 Å². The molecule has 0 radical (unpaired) electrons. The summed E-state index contributed by atoms with van der Waals surface area (Å²) in [6, 6.07) is 0. The van der Waals surface area contributed by atoms with Gasteiger partial charge < -0.3 is 4.84 Å². The van der Waals surface area contributed by atoms with Gasteiger partial charge in [0.1, 0.15) is 6.61 Å². The van der Waals surface area contributed by atoms with Gasteiger partial charge in [0, 0.05) is 0 Å². The minimum absolute atomic E-state index is 0.508. The van der Waals surface area contributed by atoms with Crippen molar-refractivity contribution < 1.29 is 4.84 Å². The molecule has 0 aromatic carbocycles. The van der Waals surface area contributed by atoms with Crippen molar-refractivity contribution in [2.45, 2.75) is 38.5 Å². The SMILES string of the molecule is O=NOCCC1CCCCC1. The van der Waals surface area contributed by atoms with Crippen LogP contribution in [0.4, 0.5) is 0 Å². The Hall–Kier alpha value is -0.600. The average Bonchev–Trinajstić information content (AvgIpc) is 2.07. The predicted octanol–water partition coefficient (Wildman–Crippen LogP) is 2.65. The lowest BCUT2D eigenvalue weighted by atomic mass is 9.87. The molecule has 11 heavy (non-hydrogen) atoms. The fraction of sp³-hybridized carbons (Fsp3) is 1.00. The highest BCUT2D eigenvalue weighted by molar-refractivity contribution is 4.64. The Morgan fingerprint density at radius 1 is 1.27 bits per heavy atom. The molecule has 0 atom stereocenters. The minimum atomic E-state index is 0.508. The molecule has 0 saturated heterocycles. The van der Waals surface area contributed by atoms with Crippen molar-refractivity contribution in [1.82, 2.24) is 0 Å². The second-order valence-electron chi connectivity index (χ2n) is 3.20. The van der Waals surface area contributed by atoms with Gasteiger partial charge in [-0.1, -0.05) is 32.1 Å². The average molecular weight is 157 g/mol. The first-order valence-electron chi connectivity index (χ1n) is 4.38. The van der Waals surface area contributed by atoms with Gasteiger partial charge in [-0.15, -0.1) is 4.91 Å². The van der Waals surface area contributed by atoms with Crippen molar-refractivity contribution in [3.8, 4) is 0 Å². The molecule has 1 fully saturated rings. The molecule has 1 saturated carbocycles. The summed E-state index contributed by atoms with van der Waals surface area (Å²) in [5.74, 6) is 0.783. The monoisotopic (exact) mass is 157 g/mol. The highest BCUT2D eigenvalue weighted by Crippen LogP contribution is 2.25. The third-order valence-corrected chi connectivity index (χ3v) is 2.39. The summed E-state index contributed by atoms with van der Waals surface area (Å²) in [4.78, 5) is 14.0. The lowest BCUT2D eigenvalue weighted by Crippen LogP contribution is -2.08. The molecule has 0 amide bonds. The van der Waals surface area contributed by atoms with Crippen molar-refractivity contribution in [3.63, 3.8) is 0 Å². The Labute approximate surface area is 67.1 Å². The van der Waals surface area contributed by atoms with Gasteiger partial charge >= 0.3 is 0 Å². The van der Waals surface area contributed by atoms with E-state index in [2.05, 4.69) is 10.2 Å². The molecule has 3 heteroatoms. The van der Waals surface area contributed by atoms with E-state index in [1.165, 1.54) is 32.1 Å². The summed E-state index contributed by atoms with van der Waals surface area (Å²) in [5.41, 5.74) is 0. The first-order valence-corrected chi connectivity index (χ1v) is 4.38. The van der Waals surface area contributed by atoms with Crippen LogP contribution in [0, 0.1) is 10.8 Å². The maximum Gasteiger partial charge on any atom is 0.155 e. The van der Waals surface area contributed by atoms with Crippen molar-refractivity contribution in [2.24, 2.45) is 11.3 Å². The number of nitrogens with zero attached hydrogens (tertiary/aromatic N) is 1. The lowest BCUT2D eigenvalue weighted by molar-refractivity contribution is 0.118. The highest BCUT2D eigenvalue weighted by atomic mass is 16.7. The van der Waals surface area contributed by atoms with Crippen LogP contribution in [0.3, 0.4) is 0 Å². The summed E-state index contributed by atoms with van der Waals surface area (Å²) < 4.78 is 0. The van der Waals surface area contributed by atoms with Crippen molar-refractivity contribution >= 4 is 0 Å². The Balaban J connectivity index is 2.00. The van der Waals surface area contributed by atoms with Gasteiger partial charge in [-0.25, -0.2) is 0 Å². The fourth-order valence-corrected chi connectivity index (χ4v) is 1.73. The Bertz CT molecular complexity index is 111. The van der Waals surface area contributed by atoms with Gasteiger partial charge in [0.15, 0.2) is 5.34 Å². The van der Waals surface area contributed by atoms with Gasteiger partial charge in [-0.05, 0) is 12.3 Å². The predicted molar refractivity (Wildman–Crippen MR) is 42.9 cm³/mol. The van der Waals surface area contributed by atoms with E-state index in [4.69, 9.17) is 0 Å². The first-order chi connectivity index (χ1) is 5.43. The molecule has 0 bridgehead atoms. The zero-order chi connectivity index (χ0) is 7.94. The maximum absolute atomic E-state index is 9.57. The molecule has 1 aliphatic carbocycles. The molecule has 0 heterocycles. The molecule has 64 valence electrons. The first kappa shape index (κ1) is 8.50. The van der Waals surface area contributed by atoms with Crippen LogP contribution in [0.25, 0.3) is 0 Å². The van der Waals surface area contributed by atoms with Crippen molar-refractivity contribution in [2.75, 3.05) is 6.61 Å². The second kappa shape index (κ2) is 5.10. The van der Waals surface area contributed by atoms with E-state index < -0.39 is 0 Å². The molecule has 0 unspecified atom stereocenters. The molecule has 1 aliphatic rings. The van der Waals surface area contributed by atoms with E-state index in [1.54, 1.807) is 0 Å². The van der Waals surface area contributed by atoms with E-state index in [0.717, 1.165) is 12.3 Å². The van der Waals surface area contributed by atoms with Crippen molar-refractivity contribution in [3.05, 3.63) is 4.91 Å². The number of rotatable bonds is 4. The van der Waals surface area contributed by atoms with E-state index in [-0.39, 0.29) is 0 Å². The highest BCUT2D eigenvalue weighted by Gasteiger charge is 2.12. The largest absolute Gasteiger partial charge is 0.364 e. The van der Waals surface area contributed by atoms with E-state index in [0.29, 0.717) is 6.61 Å². The molecule has 0 aromatic heterocycles. The topological polar surface area (TPSA) is 38.7 Å². The van der Waals surface area contributed by atoms with Gasteiger partial charge in [0.2, 0.25) is 0 Å². The van der Waals surface area contributed by atoms with Gasteiger partial charge in [0.05, 0.1) is 0 Å². The zero-order valence-electron chi connectivity index (χ0n) is 6.79. The van der Waals surface area contributed by atoms with Crippen LogP contribution in [0.15, 0.2) is 5.34 Å². The molecule has 0 aliphatic heterocycles. The van der Waals surface area contributed by atoms with Crippen LogP contribution in [0.1, 0.15) is 38.5 Å². The number of hydrogen-bond acceptors (Lipinski definition) is 3. The van der Waals surface area contributed by atoms with Crippen LogP contribution in [-0.4, -0.2) is 6.61 Å². The van der Waals surface area contributed by atoms with Crippen LogP contribution >= 0.6 is 0 Å². The maximum atomic E-state index is 9.57. The van der Waals surface area contributed by atoms with E-state index in [9.17, 15) is 4.91 Å². The summed E-state index contributed by atoms with van der Waals surface area (Å²) in [5, 5.41) is 2.37. The lowest BCUT2D eigenvalue weighted by Gasteiger charge is -2.20. The van der Waals surface area contributed by atoms with Crippen molar-refractivity contribution in [1.29, 1.82) is 0 Å². The Morgan fingerprint density at radius 2 is 2.00 bits per heavy atom. The Morgan fingerprint density at radius 3 is 2.64 bits per heavy atom. The summed E-state index contributed by atoms with van der Waals surface area (Å²) in [7, 11) is 0. The Kier molecular flexibility index (Phi) is 3.94. The molecule has 0 spiro atoms. The molecular formula is C8H15NO2. The molecular weight excluding hydrogens is 142 g/mol. The van der Waals surface area contributed by atoms with Gasteiger partial charge in [-0.3, -0.25) is 0 Å². The van der Waals surface area contributed by atoms with Crippen LogP contribution in [-0.2, 0) is 4.84 Å². The zero-order valence-corrected chi connectivity index (χ0v) is 6.79. The normalized spacial score (nSPS) is 19.6. The van der Waals surface area contributed by atoms with Gasteiger partial charge in [-0.2, -0.15) is 0 Å². The van der Waals surface area contributed by atoms with Crippen LogP contribution in [0.2, 0.25) is 0 Å². The smallest absolute Gasteiger partial charge is 0.155 e. The fourth-order valence-electron chi connectivity index (χ4n) is 1.73. The number of hydrogen-bond donors (Lipinski definition) is 0. The summed E-state index contributed by atoms with van der Waals surface area (Å²) >= 11 is 0. The van der Waals surface area contributed by atoms with E-state index in [1.807, 2.05) is 0 Å². The third-order valence-electron chi connectivity index (χ3n) is 2.39. The molecule has 3 nitrogen and oxygen atoms in total. The second-order valence-corrected chi connectivity index (χ2v) is 3.20. The standard InChI is InChI=1S/C8H15NO2/c10-9-11-7-6-8-4-2-1-3-5-8/h8H,1-7H2. The van der Waals surface area contributed by atoms with Crippen LogP contribution in [0.5, 0.6) is 0 Å². The van der Waals surface area contributed by atoms with Gasteiger partial charge in [0.25, 0.3) is 0 Å². The molecule has 1 rings (SSSR count). The summed E-state index contributed by atoms with van der Waals surface area (Å²) in [6.45, 7) is 0.508.